The van der Waals surface area contributed by atoms with Crippen LogP contribution in [0.25, 0.3) is 0 Å². The molecule has 0 saturated carbocycles. The van der Waals surface area contributed by atoms with Crippen LogP contribution in [0, 0.1) is 5.92 Å². The summed E-state index contributed by atoms with van der Waals surface area (Å²) in [7, 11) is 0. The molecule has 1 atom stereocenters. The molecule has 0 aliphatic carbocycles. The van der Waals surface area contributed by atoms with Crippen LogP contribution in [0.15, 0.2) is 42.5 Å². The molecule has 4 heteroatoms. The first kappa shape index (κ1) is 16.5. The van der Waals surface area contributed by atoms with Gasteiger partial charge in [-0.3, -0.25) is 4.79 Å². The number of hydrogen-bond donors (Lipinski definition) is 2. The molecule has 1 unspecified atom stereocenters. The molecule has 4 nitrogen and oxygen atoms in total. The summed E-state index contributed by atoms with van der Waals surface area (Å²) in [6.45, 7) is 6.60. The third-order valence-electron chi connectivity index (χ3n) is 5.04. The summed E-state index contributed by atoms with van der Waals surface area (Å²) in [6, 6.07) is 12.7. The summed E-state index contributed by atoms with van der Waals surface area (Å²) < 4.78 is 0. The molecular weight excluding hydrogens is 302 g/mol. The number of aliphatic hydroxyl groups is 1. The largest absolute Gasteiger partial charge is 0.508 e. The molecule has 2 aromatic carbocycles. The van der Waals surface area contributed by atoms with Crippen LogP contribution in [0.5, 0.6) is 5.75 Å². The molecule has 1 amide bonds. The predicted octanol–water partition coefficient (Wildman–Crippen LogP) is 3.41. The molecule has 0 saturated heterocycles. The minimum atomic E-state index is -1.20. The molecule has 0 bridgehead atoms. The van der Waals surface area contributed by atoms with E-state index in [0.717, 1.165) is 0 Å². The predicted molar refractivity (Wildman–Crippen MR) is 92.5 cm³/mol. The number of benzene rings is 2. The van der Waals surface area contributed by atoms with Crippen LogP contribution in [0.1, 0.15) is 47.8 Å². The Kier molecular flexibility index (Phi) is 4.10. The van der Waals surface area contributed by atoms with Gasteiger partial charge in [-0.05, 0) is 42.2 Å². The van der Waals surface area contributed by atoms with E-state index in [4.69, 9.17) is 0 Å². The monoisotopic (exact) mass is 325 g/mol. The van der Waals surface area contributed by atoms with E-state index in [1.54, 1.807) is 24.0 Å². The Balaban J connectivity index is 1.90. The van der Waals surface area contributed by atoms with Crippen molar-refractivity contribution in [1.82, 2.24) is 4.90 Å². The van der Waals surface area contributed by atoms with Crippen molar-refractivity contribution in [2.45, 2.75) is 39.5 Å². The van der Waals surface area contributed by atoms with E-state index in [1.165, 1.54) is 17.2 Å². The fourth-order valence-corrected chi connectivity index (χ4v) is 3.04. The molecule has 1 aliphatic heterocycles. The van der Waals surface area contributed by atoms with Crippen LogP contribution in [0.2, 0.25) is 0 Å². The van der Waals surface area contributed by atoms with Gasteiger partial charge in [0.2, 0.25) is 0 Å². The van der Waals surface area contributed by atoms with E-state index in [2.05, 4.69) is 0 Å². The van der Waals surface area contributed by atoms with Gasteiger partial charge < -0.3 is 15.1 Å². The van der Waals surface area contributed by atoms with E-state index in [-0.39, 0.29) is 17.6 Å². The minimum Gasteiger partial charge on any atom is -0.508 e. The second-order valence-electron chi connectivity index (χ2n) is 6.96. The number of aromatic hydroxyl groups is 1. The van der Waals surface area contributed by atoms with Crippen molar-refractivity contribution in [3.05, 3.63) is 64.7 Å². The third kappa shape index (κ3) is 2.78. The van der Waals surface area contributed by atoms with Gasteiger partial charge in [-0.2, -0.15) is 0 Å². The standard InChI is InChI=1S/C20H23NO3/c1-13(2)20(3,24)17-10-14(8-9-18(17)22)19(23)21-11-15-6-4-5-7-16(15)12-21/h4-10,13,22,24H,11-12H2,1-3H3. The zero-order chi connectivity index (χ0) is 17.5. The molecule has 1 aliphatic rings. The fourth-order valence-electron chi connectivity index (χ4n) is 3.04. The third-order valence-corrected chi connectivity index (χ3v) is 5.04. The second kappa shape index (κ2) is 5.95. The number of carbonyl (C=O) groups is 1. The van der Waals surface area contributed by atoms with Crippen LogP contribution in [0.4, 0.5) is 0 Å². The number of phenols is 1. The highest BCUT2D eigenvalue weighted by Gasteiger charge is 2.32. The number of amides is 1. The van der Waals surface area contributed by atoms with Gasteiger partial charge in [0.1, 0.15) is 5.75 Å². The van der Waals surface area contributed by atoms with Crippen molar-refractivity contribution in [1.29, 1.82) is 0 Å². The van der Waals surface area contributed by atoms with Crippen LogP contribution in [-0.2, 0) is 18.7 Å². The van der Waals surface area contributed by atoms with Gasteiger partial charge in [0.05, 0.1) is 5.60 Å². The molecular formula is C20H23NO3. The highest BCUT2D eigenvalue weighted by atomic mass is 16.3. The van der Waals surface area contributed by atoms with Crippen molar-refractivity contribution in [2.24, 2.45) is 5.92 Å². The van der Waals surface area contributed by atoms with Gasteiger partial charge >= 0.3 is 0 Å². The normalized spacial score (nSPS) is 16.1. The average Bonchev–Trinajstić information content (AvgIpc) is 2.98. The summed E-state index contributed by atoms with van der Waals surface area (Å²) in [5, 5.41) is 20.8. The van der Waals surface area contributed by atoms with E-state index >= 15 is 0 Å². The highest BCUT2D eigenvalue weighted by molar-refractivity contribution is 5.95. The molecule has 0 radical (unpaired) electrons. The van der Waals surface area contributed by atoms with Gasteiger partial charge in [-0.25, -0.2) is 0 Å². The van der Waals surface area contributed by atoms with Gasteiger partial charge in [0, 0.05) is 24.2 Å². The number of rotatable bonds is 3. The van der Waals surface area contributed by atoms with Crippen LogP contribution in [-0.4, -0.2) is 21.0 Å². The van der Waals surface area contributed by atoms with Gasteiger partial charge in [-0.1, -0.05) is 38.1 Å². The summed E-state index contributed by atoms with van der Waals surface area (Å²) in [5.74, 6) is -0.174. The number of nitrogens with zero attached hydrogens (tertiary/aromatic N) is 1. The van der Waals surface area contributed by atoms with Crippen molar-refractivity contribution >= 4 is 5.91 Å². The lowest BCUT2D eigenvalue weighted by molar-refractivity contribution is 0.00695. The smallest absolute Gasteiger partial charge is 0.254 e. The maximum atomic E-state index is 12.8. The van der Waals surface area contributed by atoms with E-state index in [1.807, 2.05) is 38.1 Å². The number of phenolic OH excluding ortho intramolecular Hbond substituents is 1. The van der Waals surface area contributed by atoms with Crippen molar-refractivity contribution in [3.63, 3.8) is 0 Å². The highest BCUT2D eigenvalue weighted by Crippen LogP contribution is 2.36. The first-order chi connectivity index (χ1) is 11.3. The van der Waals surface area contributed by atoms with E-state index in [9.17, 15) is 15.0 Å². The van der Waals surface area contributed by atoms with Crippen LogP contribution < -0.4 is 0 Å². The molecule has 2 aromatic rings. The van der Waals surface area contributed by atoms with Crippen molar-refractivity contribution in [3.8, 4) is 5.75 Å². The topological polar surface area (TPSA) is 60.8 Å². The van der Waals surface area contributed by atoms with E-state index in [0.29, 0.717) is 24.2 Å². The molecule has 126 valence electrons. The molecule has 0 fully saturated rings. The molecule has 3 rings (SSSR count). The van der Waals surface area contributed by atoms with Crippen molar-refractivity contribution < 1.29 is 15.0 Å². The maximum absolute atomic E-state index is 12.8. The molecule has 0 spiro atoms. The number of hydrogen-bond acceptors (Lipinski definition) is 3. The Hall–Kier alpha value is -2.33. The van der Waals surface area contributed by atoms with Gasteiger partial charge in [-0.15, -0.1) is 0 Å². The van der Waals surface area contributed by atoms with Gasteiger partial charge in [0.25, 0.3) is 5.91 Å². The van der Waals surface area contributed by atoms with Crippen LogP contribution in [0.3, 0.4) is 0 Å². The lowest BCUT2D eigenvalue weighted by Crippen LogP contribution is -2.29. The zero-order valence-electron chi connectivity index (χ0n) is 14.3. The molecule has 2 N–H and O–H groups in total. The fraction of sp³-hybridized carbons (Fsp3) is 0.350. The first-order valence-electron chi connectivity index (χ1n) is 8.22. The Bertz CT molecular complexity index is 755. The number of fused-ring (bicyclic) bond motifs is 1. The Labute approximate surface area is 142 Å². The van der Waals surface area contributed by atoms with Crippen molar-refractivity contribution in [2.75, 3.05) is 0 Å². The van der Waals surface area contributed by atoms with E-state index < -0.39 is 5.60 Å². The zero-order valence-corrected chi connectivity index (χ0v) is 14.3. The molecule has 0 aromatic heterocycles. The van der Waals surface area contributed by atoms with Crippen LogP contribution >= 0.6 is 0 Å². The summed E-state index contributed by atoms with van der Waals surface area (Å²) >= 11 is 0. The lowest BCUT2D eigenvalue weighted by Gasteiger charge is -2.29. The Morgan fingerprint density at radius 3 is 2.25 bits per heavy atom. The summed E-state index contributed by atoms with van der Waals surface area (Å²) in [4.78, 5) is 14.6. The molecule has 24 heavy (non-hydrogen) atoms. The summed E-state index contributed by atoms with van der Waals surface area (Å²) in [5.41, 5.74) is 2.00. The minimum absolute atomic E-state index is 0.00922. The Morgan fingerprint density at radius 1 is 1.12 bits per heavy atom. The maximum Gasteiger partial charge on any atom is 0.254 e. The average molecular weight is 325 g/mol. The van der Waals surface area contributed by atoms with Gasteiger partial charge in [0.15, 0.2) is 0 Å². The quantitative estimate of drug-likeness (QED) is 0.909. The first-order valence-corrected chi connectivity index (χ1v) is 8.22. The lowest BCUT2D eigenvalue weighted by atomic mass is 9.84. The number of carbonyl (C=O) groups excluding carboxylic acids is 1. The Morgan fingerprint density at radius 2 is 1.71 bits per heavy atom. The molecule has 1 heterocycles. The summed E-state index contributed by atoms with van der Waals surface area (Å²) in [6.07, 6.45) is 0. The second-order valence-corrected chi connectivity index (χ2v) is 6.96. The SMILES string of the molecule is CC(C)C(C)(O)c1cc(C(=O)N2Cc3ccccc3C2)ccc1O.